The Morgan fingerprint density at radius 3 is 2.44 bits per heavy atom. The molecule has 1 fully saturated rings. The fourth-order valence-electron chi connectivity index (χ4n) is 3.64. The maximum atomic E-state index is 12.5. The van der Waals surface area contributed by atoms with Crippen molar-refractivity contribution in [1.82, 2.24) is 15.0 Å². The van der Waals surface area contributed by atoms with E-state index in [9.17, 15) is 18.0 Å². The third kappa shape index (κ3) is 5.09. The number of hydrogen-bond donors (Lipinski definition) is 0. The number of alkyl halides is 3. The van der Waals surface area contributed by atoms with Gasteiger partial charge in [0.1, 0.15) is 5.75 Å². The number of nitrogens with zero attached hydrogens (tertiary/aromatic N) is 3. The van der Waals surface area contributed by atoms with E-state index in [1.54, 1.807) is 4.90 Å². The summed E-state index contributed by atoms with van der Waals surface area (Å²) in [7, 11) is 0. The van der Waals surface area contributed by atoms with Crippen LogP contribution in [0.25, 0.3) is 11.4 Å². The molecule has 168 valence electrons. The molecule has 3 aromatic rings. The molecule has 0 aliphatic carbocycles. The second-order valence-corrected chi connectivity index (χ2v) is 8.10. The monoisotopic (exact) mass is 445 g/mol. The number of benzene rings is 2. The van der Waals surface area contributed by atoms with Crippen molar-refractivity contribution in [2.45, 2.75) is 45.0 Å². The van der Waals surface area contributed by atoms with Gasteiger partial charge in [-0.15, -0.1) is 13.2 Å². The molecule has 9 heteroatoms. The van der Waals surface area contributed by atoms with Crippen LogP contribution in [0.4, 0.5) is 13.2 Å². The molecule has 0 spiro atoms. The lowest BCUT2D eigenvalue weighted by Gasteiger charge is -2.16. The average molecular weight is 445 g/mol. The molecule has 2 heterocycles. The average Bonchev–Trinajstić information content (AvgIpc) is 3.35. The zero-order valence-electron chi connectivity index (χ0n) is 17.6. The van der Waals surface area contributed by atoms with Crippen LogP contribution in [0.15, 0.2) is 53.1 Å². The Kier molecular flexibility index (Phi) is 5.90. The molecule has 32 heavy (non-hydrogen) atoms. The predicted molar refractivity (Wildman–Crippen MR) is 110 cm³/mol. The van der Waals surface area contributed by atoms with Gasteiger partial charge in [-0.1, -0.05) is 43.3 Å². The Morgan fingerprint density at radius 1 is 1.12 bits per heavy atom. The van der Waals surface area contributed by atoms with Crippen LogP contribution >= 0.6 is 0 Å². The lowest BCUT2D eigenvalue weighted by Crippen LogP contribution is -2.24. The Morgan fingerprint density at radius 2 is 1.81 bits per heavy atom. The molecule has 6 nitrogen and oxygen atoms in total. The van der Waals surface area contributed by atoms with Gasteiger partial charge < -0.3 is 14.2 Å². The molecule has 2 aromatic carbocycles. The smallest absolute Gasteiger partial charge is 0.406 e. The summed E-state index contributed by atoms with van der Waals surface area (Å²) < 4.78 is 46.1. The van der Waals surface area contributed by atoms with Crippen molar-refractivity contribution in [3.8, 4) is 17.1 Å². The van der Waals surface area contributed by atoms with E-state index in [2.05, 4.69) is 40.9 Å². The van der Waals surface area contributed by atoms with Gasteiger partial charge >= 0.3 is 6.36 Å². The van der Waals surface area contributed by atoms with Crippen molar-refractivity contribution in [2.24, 2.45) is 0 Å². The van der Waals surface area contributed by atoms with Gasteiger partial charge in [-0.25, -0.2) is 0 Å². The number of aromatic nitrogens is 2. The summed E-state index contributed by atoms with van der Waals surface area (Å²) in [5, 5.41) is 3.92. The summed E-state index contributed by atoms with van der Waals surface area (Å²) >= 11 is 0. The molecule has 1 amide bonds. The second-order valence-electron chi connectivity index (χ2n) is 8.10. The largest absolute Gasteiger partial charge is 0.573 e. The number of amides is 1. The van der Waals surface area contributed by atoms with Crippen LogP contribution in [-0.2, 0) is 11.3 Å². The van der Waals surface area contributed by atoms with Crippen molar-refractivity contribution in [3.63, 3.8) is 0 Å². The lowest BCUT2D eigenvalue weighted by molar-refractivity contribution is -0.274. The summed E-state index contributed by atoms with van der Waals surface area (Å²) in [6.07, 6.45) is -4.48. The minimum Gasteiger partial charge on any atom is -0.406 e. The molecular formula is C23H22F3N3O3. The van der Waals surface area contributed by atoms with E-state index in [-0.39, 0.29) is 29.8 Å². The minimum absolute atomic E-state index is 0.0105. The SMILES string of the molecule is CC(C)c1ccc(CN2CC(c3nc(-c4ccc(OC(F)(F)F)cc4)no3)CC2=O)cc1. The molecule has 0 radical (unpaired) electrons. The van der Waals surface area contributed by atoms with Crippen LogP contribution in [0.2, 0.25) is 0 Å². The lowest BCUT2D eigenvalue weighted by atomic mass is 10.0. The normalized spacial score (nSPS) is 16.8. The Bertz CT molecular complexity index is 1080. The highest BCUT2D eigenvalue weighted by Crippen LogP contribution is 2.31. The van der Waals surface area contributed by atoms with Crippen LogP contribution in [0.3, 0.4) is 0 Å². The van der Waals surface area contributed by atoms with E-state index in [4.69, 9.17) is 4.52 Å². The third-order valence-corrected chi connectivity index (χ3v) is 5.37. The van der Waals surface area contributed by atoms with E-state index >= 15 is 0 Å². The first kappa shape index (κ1) is 21.9. The quantitative estimate of drug-likeness (QED) is 0.517. The zero-order valence-corrected chi connectivity index (χ0v) is 17.6. The van der Waals surface area contributed by atoms with Gasteiger partial charge in [0.25, 0.3) is 0 Å². The fraction of sp³-hybridized carbons (Fsp3) is 0.348. The first-order valence-electron chi connectivity index (χ1n) is 10.2. The summed E-state index contributed by atoms with van der Waals surface area (Å²) in [5.41, 5.74) is 2.78. The molecule has 1 aliphatic rings. The summed E-state index contributed by atoms with van der Waals surface area (Å²) in [4.78, 5) is 18.6. The zero-order chi connectivity index (χ0) is 22.9. The highest BCUT2D eigenvalue weighted by molar-refractivity contribution is 5.79. The molecule has 1 aliphatic heterocycles. The van der Waals surface area contributed by atoms with Crippen molar-refractivity contribution in [1.29, 1.82) is 0 Å². The van der Waals surface area contributed by atoms with Gasteiger partial charge in [-0.2, -0.15) is 4.98 Å². The van der Waals surface area contributed by atoms with E-state index < -0.39 is 6.36 Å². The minimum atomic E-state index is -4.75. The Labute approximate surface area is 183 Å². The second kappa shape index (κ2) is 8.64. The topological polar surface area (TPSA) is 68.5 Å². The van der Waals surface area contributed by atoms with Crippen molar-refractivity contribution < 1.29 is 27.2 Å². The highest BCUT2D eigenvalue weighted by atomic mass is 19.4. The Hall–Kier alpha value is -3.36. The first-order chi connectivity index (χ1) is 15.2. The van der Waals surface area contributed by atoms with E-state index in [0.29, 0.717) is 30.5 Å². The number of carbonyl (C=O) groups is 1. The van der Waals surface area contributed by atoms with Gasteiger partial charge in [-0.05, 0) is 41.3 Å². The number of hydrogen-bond acceptors (Lipinski definition) is 5. The molecule has 0 bridgehead atoms. The van der Waals surface area contributed by atoms with Crippen LogP contribution in [0.1, 0.15) is 49.1 Å². The molecule has 1 saturated heterocycles. The van der Waals surface area contributed by atoms with Crippen LogP contribution in [-0.4, -0.2) is 33.9 Å². The first-order valence-corrected chi connectivity index (χ1v) is 10.2. The highest BCUT2D eigenvalue weighted by Gasteiger charge is 2.34. The van der Waals surface area contributed by atoms with Gasteiger partial charge in [0, 0.05) is 25.1 Å². The number of likely N-dealkylation sites (tertiary alicyclic amines) is 1. The standard InChI is InChI=1S/C23H22F3N3O3/c1-14(2)16-5-3-15(4-6-16)12-29-13-18(11-20(29)30)22-27-21(28-32-22)17-7-9-19(10-8-17)31-23(24,25)26/h3-10,14,18H,11-13H2,1-2H3. The van der Waals surface area contributed by atoms with Crippen molar-refractivity contribution >= 4 is 5.91 Å². The predicted octanol–water partition coefficient (Wildman–Crippen LogP) is 5.27. The van der Waals surface area contributed by atoms with E-state index in [1.807, 2.05) is 12.1 Å². The van der Waals surface area contributed by atoms with Crippen LogP contribution < -0.4 is 4.74 Å². The van der Waals surface area contributed by atoms with E-state index in [0.717, 1.165) is 5.56 Å². The molecular weight excluding hydrogens is 423 g/mol. The number of carbonyl (C=O) groups excluding carboxylic acids is 1. The maximum Gasteiger partial charge on any atom is 0.573 e. The number of ether oxygens (including phenoxy) is 1. The van der Waals surface area contributed by atoms with Crippen molar-refractivity contribution in [3.05, 3.63) is 65.5 Å². The van der Waals surface area contributed by atoms with Crippen LogP contribution in [0.5, 0.6) is 5.75 Å². The number of rotatable bonds is 6. The Balaban J connectivity index is 1.40. The van der Waals surface area contributed by atoms with Gasteiger partial charge in [0.2, 0.25) is 17.6 Å². The number of halogens is 3. The molecule has 0 saturated carbocycles. The summed E-state index contributed by atoms with van der Waals surface area (Å²) in [6, 6.07) is 13.4. The summed E-state index contributed by atoms with van der Waals surface area (Å²) in [6.45, 7) is 5.24. The van der Waals surface area contributed by atoms with Gasteiger partial charge in [0.05, 0.1) is 5.92 Å². The molecule has 0 N–H and O–H groups in total. The molecule has 4 rings (SSSR count). The van der Waals surface area contributed by atoms with Gasteiger partial charge in [0.15, 0.2) is 0 Å². The summed E-state index contributed by atoms with van der Waals surface area (Å²) in [5.74, 6) is 0.476. The molecule has 1 unspecified atom stereocenters. The maximum absolute atomic E-state index is 12.5. The fourth-order valence-corrected chi connectivity index (χ4v) is 3.64. The van der Waals surface area contributed by atoms with Crippen LogP contribution in [0, 0.1) is 0 Å². The van der Waals surface area contributed by atoms with Crippen molar-refractivity contribution in [2.75, 3.05) is 6.54 Å². The van der Waals surface area contributed by atoms with E-state index in [1.165, 1.54) is 29.8 Å². The molecule has 1 aromatic heterocycles. The molecule has 1 atom stereocenters. The third-order valence-electron chi connectivity index (χ3n) is 5.37. The van der Waals surface area contributed by atoms with Gasteiger partial charge in [-0.3, -0.25) is 4.79 Å².